The molecule has 0 bridgehead atoms. The number of nitrogens with one attached hydrogen (secondary N) is 1. The summed E-state index contributed by atoms with van der Waals surface area (Å²) in [5.74, 6) is 0.622. The Morgan fingerprint density at radius 2 is 1.86 bits per heavy atom. The van der Waals surface area contributed by atoms with Crippen LogP contribution in [0.25, 0.3) is 10.2 Å². The molecule has 0 saturated carbocycles. The lowest BCUT2D eigenvalue weighted by Crippen LogP contribution is -2.38. The predicted octanol–water partition coefficient (Wildman–Crippen LogP) is 4.45. The molecule has 5 nitrogen and oxygen atoms in total. The quantitative estimate of drug-likeness (QED) is 0.596. The molecule has 3 aromatic rings. The Kier molecular flexibility index (Phi) is 5.60. The van der Waals surface area contributed by atoms with Gasteiger partial charge in [-0.15, -0.1) is 11.3 Å². The minimum absolute atomic E-state index is 0.238. The highest BCUT2D eigenvalue weighted by atomic mass is 32.1. The summed E-state index contributed by atoms with van der Waals surface area (Å²) in [6, 6.07) is 9.72. The van der Waals surface area contributed by atoms with Gasteiger partial charge in [-0.05, 0) is 36.6 Å². The van der Waals surface area contributed by atoms with E-state index in [1.807, 2.05) is 24.3 Å². The summed E-state index contributed by atoms with van der Waals surface area (Å²) in [4.78, 5) is 11.7. The van der Waals surface area contributed by atoms with Crippen LogP contribution in [-0.4, -0.2) is 40.2 Å². The number of hydrogen-bond donors (Lipinski definition) is 2. The number of aromatic nitrogens is 2. The van der Waals surface area contributed by atoms with Crippen molar-refractivity contribution in [3.05, 3.63) is 47.1 Å². The van der Waals surface area contributed by atoms with Gasteiger partial charge in [-0.2, -0.15) is 13.2 Å². The molecule has 1 saturated heterocycles. The standard InChI is InChI=1S/C20H22F3N5S/c21-20(22,23)10-16-9-17-18(25-12-26-19(17)29-16)27-15-5-7-28(8-6-15)11-13-1-3-14(24)4-2-13/h1-4,9,12,15H,5-8,10-11,24H2,(H,25,26,27). The van der Waals surface area contributed by atoms with E-state index in [2.05, 4.69) is 20.2 Å². The molecule has 1 aliphatic heterocycles. The molecule has 0 unspecified atom stereocenters. The van der Waals surface area contributed by atoms with E-state index in [1.54, 1.807) is 6.07 Å². The number of fused-ring (bicyclic) bond motifs is 1. The van der Waals surface area contributed by atoms with Crippen molar-refractivity contribution in [3.8, 4) is 0 Å². The number of piperidine rings is 1. The Morgan fingerprint density at radius 3 is 2.55 bits per heavy atom. The molecule has 4 rings (SSSR count). The van der Waals surface area contributed by atoms with Crippen LogP contribution < -0.4 is 11.1 Å². The van der Waals surface area contributed by atoms with Crippen molar-refractivity contribution in [1.82, 2.24) is 14.9 Å². The second-order valence-corrected chi connectivity index (χ2v) is 8.50. The summed E-state index contributed by atoms with van der Waals surface area (Å²) in [7, 11) is 0. The Balaban J connectivity index is 1.37. The van der Waals surface area contributed by atoms with E-state index in [0.29, 0.717) is 16.0 Å². The van der Waals surface area contributed by atoms with E-state index in [9.17, 15) is 13.2 Å². The van der Waals surface area contributed by atoms with Crippen LogP contribution in [0.1, 0.15) is 23.3 Å². The van der Waals surface area contributed by atoms with Crippen molar-refractivity contribution < 1.29 is 13.2 Å². The van der Waals surface area contributed by atoms with E-state index in [1.165, 1.54) is 11.9 Å². The van der Waals surface area contributed by atoms with Crippen molar-refractivity contribution >= 4 is 33.1 Å². The van der Waals surface area contributed by atoms with Gasteiger partial charge in [0.25, 0.3) is 0 Å². The van der Waals surface area contributed by atoms with Crippen LogP contribution in [-0.2, 0) is 13.0 Å². The number of alkyl halides is 3. The molecule has 1 aromatic carbocycles. The highest BCUT2D eigenvalue weighted by Gasteiger charge is 2.29. The molecule has 9 heteroatoms. The normalized spacial score (nSPS) is 16.4. The molecule has 0 aliphatic carbocycles. The Hall–Kier alpha value is -2.39. The van der Waals surface area contributed by atoms with Crippen molar-refractivity contribution in [3.63, 3.8) is 0 Å². The number of anilines is 2. The first-order chi connectivity index (χ1) is 13.9. The molecule has 0 amide bonds. The average Bonchev–Trinajstić information content (AvgIpc) is 3.07. The summed E-state index contributed by atoms with van der Waals surface area (Å²) >= 11 is 1.07. The maximum atomic E-state index is 12.7. The molecular formula is C20H22F3N5S. The molecule has 0 spiro atoms. The molecule has 154 valence electrons. The number of rotatable bonds is 5. The predicted molar refractivity (Wildman–Crippen MR) is 110 cm³/mol. The zero-order chi connectivity index (χ0) is 20.4. The number of nitrogen functional groups attached to an aromatic ring is 1. The molecule has 0 atom stereocenters. The Morgan fingerprint density at radius 1 is 1.14 bits per heavy atom. The lowest BCUT2D eigenvalue weighted by molar-refractivity contribution is -0.126. The molecule has 3 heterocycles. The fourth-order valence-corrected chi connectivity index (χ4v) is 4.64. The summed E-state index contributed by atoms with van der Waals surface area (Å²) in [5.41, 5.74) is 7.73. The fourth-order valence-electron chi connectivity index (χ4n) is 3.62. The first-order valence-electron chi connectivity index (χ1n) is 9.49. The maximum Gasteiger partial charge on any atom is 0.393 e. The van der Waals surface area contributed by atoms with Gasteiger partial charge >= 0.3 is 6.18 Å². The van der Waals surface area contributed by atoms with E-state index >= 15 is 0 Å². The second-order valence-electron chi connectivity index (χ2n) is 7.38. The van der Waals surface area contributed by atoms with Crippen LogP contribution >= 0.6 is 11.3 Å². The van der Waals surface area contributed by atoms with Crippen LogP contribution in [0.4, 0.5) is 24.7 Å². The van der Waals surface area contributed by atoms with Gasteiger partial charge in [0, 0.05) is 36.2 Å². The number of nitrogens with zero attached hydrogens (tertiary/aromatic N) is 3. The molecule has 29 heavy (non-hydrogen) atoms. The lowest BCUT2D eigenvalue weighted by atomic mass is 10.0. The number of likely N-dealkylation sites (tertiary alicyclic amines) is 1. The first kappa shape index (κ1) is 19.9. The van der Waals surface area contributed by atoms with Crippen LogP contribution in [0.3, 0.4) is 0 Å². The third-order valence-corrected chi connectivity index (χ3v) is 6.11. The molecule has 0 radical (unpaired) electrons. The van der Waals surface area contributed by atoms with Crippen molar-refractivity contribution in [2.75, 3.05) is 24.1 Å². The summed E-state index contributed by atoms with van der Waals surface area (Å²) in [5, 5.41) is 4.09. The van der Waals surface area contributed by atoms with Gasteiger partial charge in [0.15, 0.2) is 0 Å². The summed E-state index contributed by atoms with van der Waals surface area (Å²) < 4.78 is 38.1. The van der Waals surface area contributed by atoms with Crippen LogP contribution in [0.5, 0.6) is 0 Å². The largest absolute Gasteiger partial charge is 0.399 e. The fraction of sp³-hybridized carbons (Fsp3) is 0.400. The maximum absolute atomic E-state index is 12.7. The van der Waals surface area contributed by atoms with Gasteiger partial charge in [-0.1, -0.05) is 12.1 Å². The first-order valence-corrected chi connectivity index (χ1v) is 10.3. The summed E-state index contributed by atoms with van der Waals surface area (Å²) in [6.07, 6.45) is -1.86. The van der Waals surface area contributed by atoms with Gasteiger partial charge in [-0.25, -0.2) is 9.97 Å². The number of hydrogen-bond acceptors (Lipinski definition) is 6. The molecule has 2 aromatic heterocycles. The highest BCUT2D eigenvalue weighted by Crippen LogP contribution is 2.33. The molecule has 3 N–H and O–H groups in total. The second kappa shape index (κ2) is 8.16. The van der Waals surface area contributed by atoms with Gasteiger partial charge in [0.1, 0.15) is 17.0 Å². The monoisotopic (exact) mass is 421 g/mol. The molecular weight excluding hydrogens is 399 g/mol. The molecule has 1 aliphatic rings. The molecule has 1 fully saturated rings. The van der Waals surface area contributed by atoms with Gasteiger partial charge in [0.05, 0.1) is 11.8 Å². The van der Waals surface area contributed by atoms with Gasteiger partial charge < -0.3 is 11.1 Å². The van der Waals surface area contributed by atoms with E-state index in [4.69, 9.17) is 5.73 Å². The Labute approximate surface area is 170 Å². The number of nitrogens with two attached hydrogens (primary N) is 1. The third kappa shape index (κ3) is 5.16. The van der Waals surface area contributed by atoms with Crippen LogP contribution in [0, 0.1) is 0 Å². The SMILES string of the molecule is Nc1ccc(CN2CCC(Nc3ncnc4sc(CC(F)(F)F)cc34)CC2)cc1. The van der Waals surface area contributed by atoms with E-state index < -0.39 is 12.6 Å². The number of thiophene rings is 1. The summed E-state index contributed by atoms with van der Waals surface area (Å²) in [6.45, 7) is 2.77. The minimum Gasteiger partial charge on any atom is -0.399 e. The lowest BCUT2D eigenvalue weighted by Gasteiger charge is -2.32. The van der Waals surface area contributed by atoms with E-state index in [-0.39, 0.29) is 10.9 Å². The van der Waals surface area contributed by atoms with Crippen LogP contribution in [0.15, 0.2) is 36.7 Å². The Bertz CT molecular complexity index is 962. The smallest absolute Gasteiger partial charge is 0.393 e. The average molecular weight is 421 g/mol. The van der Waals surface area contributed by atoms with Gasteiger partial charge in [-0.3, -0.25) is 4.90 Å². The van der Waals surface area contributed by atoms with Crippen molar-refractivity contribution in [1.29, 1.82) is 0 Å². The van der Waals surface area contributed by atoms with Gasteiger partial charge in [0.2, 0.25) is 0 Å². The zero-order valence-electron chi connectivity index (χ0n) is 15.7. The minimum atomic E-state index is -4.22. The van der Waals surface area contributed by atoms with Crippen molar-refractivity contribution in [2.24, 2.45) is 0 Å². The topological polar surface area (TPSA) is 67.1 Å². The van der Waals surface area contributed by atoms with E-state index in [0.717, 1.165) is 49.5 Å². The van der Waals surface area contributed by atoms with Crippen molar-refractivity contribution in [2.45, 2.75) is 38.0 Å². The zero-order valence-corrected chi connectivity index (χ0v) is 16.6. The van der Waals surface area contributed by atoms with Crippen LogP contribution in [0.2, 0.25) is 0 Å². The number of halogens is 3. The highest BCUT2D eigenvalue weighted by molar-refractivity contribution is 7.18. The third-order valence-electron chi connectivity index (χ3n) is 5.07. The number of benzene rings is 1.